The van der Waals surface area contributed by atoms with Gasteiger partial charge < -0.3 is 10.1 Å². The summed E-state index contributed by atoms with van der Waals surface area (Å²) in [6.07, 6.45) is 6.23. The van der Waals surface area contributed by atoms with Gasteiger partial charge in [0.05, 0.1) is 18.7 Å². The largest absolute Gasteiger partial charge is 0.462 e. The first-order valence-electron chi connectivity index (χ1n) is 10.6. The van der Waals surface area contributed by atoms with Crippen molar-refractivity contribution in [1.29, 1.82) is 0 Å². The van der Waals surface area contributed by atoms with Crippen molar-refractivity contribution in [1.82, 2.24) is 4.90 Å². The van der Waals surface area contributed by atoms with Crippen LogP contribution < -0.4 is 5.32 Å². The molecule has 0 unspecified atom stereocenters. The maximum atomic E-state index is 12.8. The highest BCUT2D eigenvalue weighted by molar-refractivity contribution is 7.17. The quantitative estimate of drug-likeness (QED) is 0.591. The van der Waals surface area contributed by atoms with Crippen LogP contribution in [0.4, 0.5) is 5.00 Å². The van der Waals surface area contributed by atoms with E-state index >= 15 is 0 Å². The number of rotatable bonds is 5. The minimum atomic E-state index is -0.311. The lowest BCUT2D eigenvalue weighted by Gasteiger charge is -2.28. The number of hydrogen-bond acceptors (Lipinski definition) is 5. The molecule has 0 fully saturated rings. The average Bonchev–Trinajstić information content (AvgIpc) is 2.88. The van der Waals surface area contributed by atoms with E-state index in [1.807, 2.05) is 13.0 Å². The van der Waals surface area contributed by atoms with E-state index in [4.69, 9.17) is 4.74 Å². The van der Waals surface area contributed by atoms with Crippen LogP contribution in [0.1, 0.15) is 58.1 Å². The van der Waals surface area contributed by atoms with E-state index in [1.54, 1.807) is 11.3 Å². The number of benzene rings is 1. The van der Waals surface area contributed by atoms with Crippen molar-refractivity contribution in [2.45, 2.75) is 52.0 Å². The second-order valence-corrected chi connectivity index (χ2v) is 8.87. The molecule has 1 N–H and O–H groups in total. The van der Waals surface area contributed by atoms with Crippen LogP contribution in [-0.4, -0.2) is 36.5 Å². The van der Waals surface area contributed by atoms with Gasteiger partial charge in [0.1, 0.15) is 5.00 Å². The van der Waals surface area contributed by atoms with Gasteiger partial charge in [-0.2, -0.15) is 0 Å². The summed E-state index contributed by atoms with van der Waals surface area (Å²) < 4.78 is 5.31. The summed E-state index contributed by atoms with van der Waals surface area (Å²) in [7, 11) is 0. The van der Waals surface area contributed by atoms with E-state index in [9.17, 15) is 9.59 Å². The van der Waals surface area contributed by atoms with E-state index < -0.39 is 0 Å². The Kier molecular flexibility index (Phi) is 6.31. The van der Waals surface area contributed by atoms with Crippen LogP contribution in [0.2, 0.25) is 0 Å². The van der Waals surface area contributed by atoms with E-state index in [-0.39, 0.29) is 11.9 Å². The standard InChI is InChI=1S/C23H28N2O3S/c1-2-28-23(27)21-18-10-4-3-5-11-19(18)29-22(21)24-20(26)15-25-13-12-16-8-6-7-9-17(16)14-25/h6-9H,2-5,10-15H2,1H3,(H,24,26). The van der Waals surface area contributed by atoms with Gasteiger partial charge in [-0.1, -0.05) is 30.7 Å². The fourth-order valence-corrected chi connectivity index (χ4v) is 5.60. The number of fused-ring (bicyclic) bond motifs is 2. The second kappa shape index (κ2) is 9.09. The molecule has 2 aromatic rings. The SMILES string of the molecule is CCOC(=O)c1c(NC(=O)CN2CCc3ccccc3C2)sc2c1CCCCC2. The molecule has 0 spiro atoms. The lowest BCUT2D eigenvalue weighted by Crippen LogP contribution is -2.37. The molecular formula is C23H28N2O3S. The molecule has 5 nitrogen and oxygen atoms in total. The molecular weight excluding hydrogens is 384 g/mol. The first-order chi connectivity index (χ1) is 14.2. The molecule has 0 saturated heterocycles. The number of nitrogens with one attached hydrogen (secondary N) is 1. The number of ether oxygens (including phenoxy) is 1. The number of anilines is 1. The first kappa shape index (κ1) is 20.1. The minimum Gasteiger partial charge on any atom is -0.462 e. The molecule has 0 saturated carbocycles. The number of esters is 1. The van der Waals surface area contributed by atoms with Gasteiger partial charge in [-0.15, -0.1) is 11.3 Å². The maximum absolute atomic E-state index is 12.8. The number of nitrogens with zero attached hydrogens (tertiary/aromatic N) is 1. The zero-order valence-corrected chi connectivity index (χ0v) is 17.8. The summed E-state index contributed by atoms with van der Waals surface area (Å²) in [5.41, 5.74) is 4.34. The average molecular weight is 413 g/mol. The fraction of sp³-hybridized carbons (Fsp3) is 0.478. The molecule has 4 rings (SSSR count). The monoisotopic (exact) mass is 412 g/mol. The summed E-state index contributed by atoms with van der Waals surface area (Å²) >= 11 is 1.56. The van der Waals surface area contributed by atoms with Crippen LogP contribution in [0.5, 0.6) is 0 Å². The zero-order chi connectivity index (χ0) is 20.2. The zero-order valence-electron chi connectivity index (χ0n) is 17.0. The molecule has 154 valence electrons. The van der Waals surface area contributed by atoms with Crippen LogP contribution in [0, 0.1) is 0 Å². The molecule has 1 aromatic heterocycles. The summed E-state index contributed by atoms with van der Waals surface area (Å²) in [6, 6.07) is 8.41. The Hall–Kier alpha value is -2.18. The van der Waals surface area contributed by atoms with E-state index in [1.165, 1.54) is 22.4 Å². The van der Waals surface area contributed by atoms with Crippen molar-refractivity contribution in [3.63, 3.8) is 0 Å². The molecule has 1 aliphatic heterocycles. The predicted octanol–water partition coefficient (Wildman–Crippen LogP) is 4.19. The molecule has 2 heterocycles. The summed E-state index contributed by atoms with van der Waals surface area (Å²) in [6.45, 7) is 4.14. The third kappa shape index (κ3) is 4.54. The molecule has 29 heavy (non-hydrogen) atoms. The highest BCUT2D eigenvalue weighted by atomic mass is 32.1. The third-order valence-corrected chi connectivity index (χ3v) is 6.94. The van der Waals surface area contributed by atoms with Crippen LogP contribution in [0.25, 0.3) is 0 Å². The van der Waals surface area contributed by atoms with Gasteiger partial charge in [-0.3, -0.25) is 9.69 Å². The Labute approximate surface area is 176 Å². The van der Waals surface area contributed by atoms with Crippen LogP contribution in [-0.2, 0) is 35.3 Å². The number of thiophene rings is 1. The van der Waals surface area contributed by atoms with Crippen LogP contribution in [0.3, 0.4) is 0 Å². The van der Waals surface area contributed by atoms with Gasteiger partial charge in [0.2, 0.25) is 5.91 Å². The predicted molar refractivity (Wildman–Crippen MR) is 116 cm³/mol. The van der Waals surface area contributed by atoms with Gasteiger partial charge in [-0.05, 0) is 55.7 Å². The fourth-order valence-electron chi connectivity index (χ4n) is 4.31. The maximum Gasteiger partial charge on any atom is 0.341 e. The van der Waals surface area contributed by atoms with Crippen LogP contribution in [0.15, 0.2) is 24.3 Å². The number of carbonyl (C=O) groups is 2. The van der Waals surface area contributed by atoms with E-state index in [0.29, 0.717) is 23.7 Å². The highest BCUT2D eigenvalue weighted by Gasteiger charge is 2.27. The number of aryl methyl sites for hydroxylation is 1. The molecule has 1 aromatic carbocycles. The number of amides is 1. The summed E-state index contributed by atoms with van der Waals surface area (Å²) in [5, 5.41) is 3.70. The Morgan fingerprint density at radius 1 is 1.10 bits per heavy atom. The van der Waals surface area contributed by atoms with Crippen molar-refractivity contribution in [2.75, 3.05) is 25.0 Å². The molecule has 2 aliphatic rings. The van der Waals surface area contributed by atoms with Crippen molar-refractivity contribution in [3.8, 4) is 0 Å². The van der Waals surface area contributed by atoms with Crippen molar-refractivity contribution in [3.05, 3.63) is 51.4 Å². The Balaban J connectivity index is 1.48. The highest BCUT2D eigenvalue weighted by Crippen LogP contribution is 2.38. The van der Waals surface area contributed by atoms with Crippen molar-refractivity contribution >= 4 is 28.2 Å². The summed E-state index contributed by atoms with van der Waals surface area (Å²) in [5.74, 6) is -0.375. The van der Waals surface area contributed by atoms with Gasteiger partial charge in [0.25, 0.3) is 0 Å². The lowest BCUT2D eigenvalue weighted by atomic mass is 10.00. The topological polar surface area (TPSA) is 58.6 Å². The summed E-state index contributed by atoms with van der Waals surface area (Å²) in [4.78, 5) is 28.8. The molecule has 6 heteroatoms. The van der Waals surface area contributed by atoms with Gasteiger partial charge in [0.15, 0.2) is 0 Å². The Morgan fingerprint density at radius 2 is 1.90 bits per heavy atom. The molecule has 1 amide bonds. The first-order valence-corrected chi connectivity index (χ1v) is 11.4. The molecule has 0 bridgehead atoms. The number of hydrogen-bond donors (Lipinski definition) is 1. The Bertz CT molecular complexity index is 906. The van der Waals surface area contributed by atoms with Gasteiger partial charge >= 0.3 is 5.97 Å². The number of carbonyl (C=O) groups excluding carboxylic acids is 2. The van der Waals surface area contributed by atoms with Crippen molar-refractivity contribution in [2.24, 2.45) is 0 Å². The minimum absolute atomic E-state index is 0.0636. The Morgan fingerprint density at radius 3 is 2.72 bits per heavy atom. The smallest absolute Gasteiger partial charge is 0.341 e. The molecule has 1 aliphatic carbocycles. The normalized spacial score (nSPS) is 16.4. The van der Waals surface area contributed by atoms with Crippen LogP contribution >= 0.6 is 11.3 Å². The molecule has 0 atom stereocenters. The second-order valence-electron chi connectivity index (χ2n) is 7.77. The van der Waals surface area contributed by atoms with E-state index in [2.05, 4.69) is 28.4 Å². The third-order valence-electron chi connectivity index (χ3n) is 5.73. The molecule has 0 radical (unpaired) electrons. The lowest BCUT2D eigenvalue weighted by molar-refractivity contribution is -0.117. The van der Waals surface area contributed by atoms with Crippen molar-refractivity contribution < 1.29 is 14.3 Å². The van der Waals surface area contributed by atoms with E-state index in [0.717, 1.165) is 50.8 Å². The van der Waals surface area contributed by atoms with Gasteiger partial charge in [-0.25, -0.2) is 4.79 Å². The van der Waals surface area contributed by atoms with Gasteiger partial charge in [0, 0.05) is 18.0 Å².